The second-order valence-corrected chi connectivity index (χ2v) is 7.99. The molecule has 3 aromatic rings. The first kappa shape index (κ1) is 19.2. The smallest absolute Gasteiger partial charge is 0.343 e. The molecule has 1 fully saturated rings. The Morgan fingerprint density at radius 1 is 1.14 bits per heavy atom. The molecule has 5 nitrogen and oxygen atoms in total. The summed E-state index contributed by atoms with van der Waals surface area (Å²) >= 11 is 1.61. The summed E-state index contributed by atoms with van der Waals surface area (Å²) in [5.41, 5.74) is 4.36. The van der Waals surface area contributed by atoms with Crippen LogP contribution in [0.15, 0.2) is 67.0 Å². The highest BCUT2D eigenvalue weighted by Gasteiger charge is 2.34. The third kappa shape index (κ3) is 4.03. The van der Waals surface area contributed by atoms with Gasteiger partial charge in [-0.15, -0.1) is 11.8 Å². The molecule has 2 aromatic carbocycles. The van der Waals surface area contributed by atoms with E-state index in [1.807, 2.05) is 24.8 Å². The molecule has 1 aromatic heterocycles. The molecule has 146 valence electrons. The molecule has 0 bridgehead atoms. The van der Waals surface area contributed by atoms with E-state index in [9.17, 15) is 9.59 Å². The van der Waals surface area contributed by atoms with Gasteiger partial charge in [0.1, 0.15) is 11.1 Å². The zero-order valence-corrected chi connectivity index (χ0v) is 17.0. The van der Waals surface area contributed by atoms with Crippen LogP contribution in [0.4, 0.5) is 5.69 Å². The molecule has 1 aliphatic heterocycles. The molecule has 6 heteroatoms. The van der Waals surface area contributed by atoms with Gasteiger partial charge in [0.05, 0.1) is 17.5 Å². The lowest BCUT2D eigenvalue weighted by atomic mass is 10.1. The van der Waals surface area contributed by atoms with Crippen LogP contribution in [-0.4, -0.2) is 22.6 Å². The Bertz CT molecular complexity index is 1050. The maximum Gasteiger partial charge on any atom is 0.343 e. The van der Waals surface area contributed by atoms with E-state index >= 15 is 0 Å². The number of rotatable bonds is 4. The molecule has 1 amide bonds. The minimum atomic E-state index is -0.454. The summed E-state index contributed by atoms with van der Waals surface area (Å²) in [5, 5.41) is -0.0741. The predicted octanol–water partition coefficient (Wildman–Crippen LogP) is 4.70. The van der Waals surface area contributed by atoms with Gasteiger partial charge in [0, 0.05) is 11.9 Å². The molecule has 2 heterocycles. The number of anilines is 1. The number of aryl methyl sites for hydroxylation is 2. The number of thioether (sulfide) groups is 1. The van der Waals surface area contributed by atoms with Crippen molar-refractivity contribution < 1.29 is 14.3 Å². The van der Waals surface area contributed by atoms with Crippen LogP contribution in [0.3, 0.4) is 0 Å². The monoisotopic (exact) mass is 404 g/mol. The van der Waals surface area contributed by atoms with E-state index in [-0.39, 0.29) is 11.3 Å². The molecule has 1 atom stereocenters. The third-order valence-corrected chi connectivity index (χ3v) is 5.98. The molecule has 0 N–H and O–H groups in total. The fraction of sp³-hybridized carbons (Fsp3) is 0.174. The minimum Gasteiger partial charge on any atom is -0.421 e. The first-order valence-electron chi connectivity index (χ1n) is 9.26. The number of benzene rings is 2. The van der Waals surface area contributed by atoms with Crippen LogP contribution in [0.5, 0.6) is 5.75 Å². The van der Waals surface area contributed by atoms with Crippen LogP contribution in [0, 0.1) is 13.8 Å². The largest absolute Gasteiger partial charge is 0.421 e. The topological polar surface area (TPSA) is 59.5 Å². The van der Waals surface area contributed by atoms with Crippen molar-refractivity contribution in [3.05, 3.63) is 89.2 Å². The van der Waals surface area contributed by atoms with Gasteiger partial charge in [-0.2, -0.15) is 0 Å². The van der Waals surface area contributed by atoms with E-state index in [0.717, 1.165) is 16.8 Å². The quantitative estimate of drug-likeness (QED) is 0.590. The summed E-state index contributed by atoms with van der Waals surface area (Å²) < 4.78 is 5.36. The van der Waals surface area contributed by atoms with Gasteiger partial charge in [0.2, 0.25) is 5.91 Å². The molecular formula is C23H20N2O3S. The van der Waals surface area contributed by atoms with E-state index in [2.05, 4.69) is 29.2 Å². The molecule has 0 saturated carbocycles. The SMILES string of the molecule is Cc1ccc(C2SCC(=O)N2c2ccc(C(=O)Oc3cccnc3)cc2C)cc1. The second kappa shape index (κ2) is 8.09. The molecule has 1 saturated heterocycles. The summed E-state index contributed by atoms with van der Waals surface area (Å²) in [7, 11) is 0. The molecule has 1 aliphatic rings. The number of carbonyl (C=O) groups excluding carboxylic acids is 2. The number of ether oxygens (including phenoxy) is 1. The zero-order chi connectivity index (χ0) is 20.4. The van der Waals surface area contributed by atoms with Crippen LogP contribution in [0.2, 0.25) is 0 Å². The van der Waals surface area contributed by atoms with Crippen molar-refractivity contribution in [1.29, 1.82) is 0 Å². The lowest BCUT2D eigenvalue weighted by molar-refractivity contribution is -0.115. The zero-order valence-electron chi connectivity index (χ0n) is 16.2. The molecule has 1 unspecified atom stereocenters. The number of amides is 1. The Kier molecular flexibility index (Phi) is 5.36. The van der Waals surface area contributed by atoms with Gasteiger partial charge in [-0.3, -0.25) is 14.7 Å². The van der Waals surface area contributed by atoms with Gasteiger partial charge in [-0.25, -0.2) is 4.79 Å². The first-order valence-corrected chi connectivity index (χ1v) is 10.3. The third-order valence-electron chi connectivity index (χ3n) is 4.77. The van der Waals surface area contributed by atoms with E-state index in [0.29, 0.717) is 17.1 Å². The predicted molar refractivity (Wildman–Crippen MR) is 114 cm³/mol. The van der Waals surface area contributed by atoms with E-state index in [1.165, 1.54) is 11.8 Å². The molecule has 4 rings (SSSR count). The Hall–Kier alpha value is -3.12. The molecule has 0 spiro atoms. The highest BCUT2D eigenvalue weighted by Crippen LogP contribution is 2.42. The van der Waals surface area contributed by atoms with Gasteiger partial charge >= 0.3 is 5.97 Å². The number of hydrogen-bond acceptors (Lipinski definition) is 5. The summed E-state index contributed by atoms with van der Waals surface area (Å²) in [4.78, 5) is 30.9. The van der Waals surface area contributed by atoms with Gasteiger partial charge in [0.25, 0.3) is 0 Å². The Morgan fingerprint density at radius 2 is 1.93 bits per heavy atom. The van der Waals surface area contributed by atoms with Gasteiger partial charge in [-0.05, 0) is 55.3 Å². The fourth-order valence-electron chi connectivity index (χ4n) is 3.29. The summed E-state index contributed by atoms with van der Waals surface area (Å²) in [6, 6.07) is 16.9. The Labute approximate surface area is 173 Å². The molecule has 29 heavy (non-hydrogen) atoms. The van der Waals surface area contributed by atoms with Gasteiger partial charge < -0.3 is 4.74 Å². The van der Waals surface area contributed by atoms with Crippen molar-refractivity contribution >= 4 is 29.3 Å². The molecule has 0 radical (unpaired) electrons. The van der Waals surface area contributed by atoms with Gasteiger partial charge in [-0.1, -0.05) is 29.8 Å². The number of pyridine rings is 1. The number of hydrogen-bond donors (Lipinski definition) is 0. The average molecular weight is 404 g/mol. The van der Waals surface area contributed by atoms with Gasteiger partial charge in [0.15, 0.2) is 0 Å². The molecule has 0 aliphatic carbocycles. The van der Waals surface area contributed by atoms with Crippen LogP contribution >= 0.6 is 11.8 Å². The lowest BCUT2D eigenvalue weighted by Gasteiger charge is -2.26. The first-order chi connectivity index (χ1) is 14.0. The van der Waals surface area contributed by atoms with E-state index < -0.39 is 5.97 Å². The van der Waals surface area contributed by atoms with Crippen LogP contribution in [0.1, 0.15) is 32.4 Å². The van der Waals surface area contributed by atoms with Crippen molar-refractivity contribution in [3.63, 3.8) is 0 Å². The van der Waals surface area contributed by atoms with Crippen LogP contribution in [-0.2, 0) is 4.79 Å². The standard InChI is InChI=1S/C23H20N2O3S/c1-15-5-7-17(8-6-15)22-25(21(26)14-29-22)20-10-9-18(12-16(20)2)23(27)28-19-4-3-11-24-13-19/h3-13,22H,14H2,1-2H3. The second-order valence-electron chi connectivity index (χ2n) is 6.92. The number of esters is 1. The lowest BCUT2D eigenvalue weighted by Crippen LogP contribution is -2.28. The number of aromatic nitrogens is 1. The highest BCUT2D eigenvalue weighted by molar-refractivity contribution is 8.00. The van der Waals surface area contributed by atoms with Crippen molar-refractivity contribution in [3.8, 4) is 5.75 Å². The summed E-state index contributed by atoms with van der Waals surface area (Å²) in [6.07, 6.45) is 3.11. The normalized spacial score (nSPS) is 16.1. The van der Waals surface area contributed by atoms with Crippen LogP contribution in [0.25, 0.3) is 0 Å². The Morgan fingerprint density at radius 3 is 2.62 bits per heavy atom. The summed E-state index contributed by atoms with van der Waals surface area (Å²) in [6.45, 7) is 3.95. The number of carbonyl (C=O) groups is 2. The van der Waals surface area contributed by atoms with Crippen molar-refractivity contribution in [2.45, 2.75) is 19.2 Å². The highest BCUT2D eigenvalue weighted by atomic mass is 32.2. The van der Waals surface area contributed by atoms with E-state index in [1.54, 1.807) is 42.2 Å². The number of nitrogens with zero attached hydrogens (tertiary/aromatic N) is 2. The van der Waals surface area contributed by atoms with Crippen molar-refractivity contribution in [2.24, 2.45) is 0 Å². The summed E-state index contributed by atoms with van der Waals surface area (Å²) in [5.74, 6) is 0.437. The van der Waals surface area contributed by atoms with Crippen LogP contribution < -0.4 is 9.64 Å². The van der Waals surface area contributed by atoms with Crippen molar-refractivity contribution in [2.75, 3.05) is 10.7 Å². The maximum atomic E-state index is 12.6. The fourth-order valence-corrected chi connectivity index (χ4v) is 4.46. The average Bonchev–Trinajstić information content (AvgIpc) is 3.10. The van der Waals surface area contributed by atoms with Crippen molar-refractivity contribution in [1.82, 2.24) is 4.98 Å². The maximum absolute atomic E-state index is 12.6. The van der Waals surface area contributed by atoms with E-state index in [4.69, 9.17) is 4.74 Å². The Balaban J connectivity index is 1.60. The minimum absolute atomic E-state index is 0.0642. The molecular weight excluding hydrogens is 384 g/mol.